The summed E-state index contributed by atoms with van der Waals surface area (Å²) in [7, 11) is 1.64. The van der Waals surface area contributed by atoms with Crippen molar-refractivity contribution in [2.75, 3.05) is 11.9 Å². The summed E-state index contributed by atoms with van der Waals surface area (Å²) in [5, 5.41) is 9.81. The fourth-order valence-electron chi connectivity index (χ4n) is 1.63. The second kappa shape index (κ2) is 4.21. The van der Waals surface area contributed by atoms with Crippen molar-refractivity contribution in [3.05, 3.63) is 28.2 Å². The summed E-state index contributed by atoms with van der Waals surface area (Å²) in [5.41, 5.74) is -0.174. The van der Waals surface area contributed by atoms with Gasteiger partial charge in [0.25, 0.3) is 0 Å². The quantitative estimate of drug-likeness (QED) is 0.827. The first-order chi connectivity index (χ1) is 8.00. The maximum Gasteiger partial charge on any atom is 0.247 e. The van der Waals surface area contributed by atoms with Crippen molar-refractivity contribution in [3.8, 4) is 6.07 Å². The van der Waals surface area contributed by atoms with E-state index in [1.165, 1.54) is 4.90 Å². The average Bonchev–Trinajstić information content (AvgIpc) is 3.12. The highest BCUT2D eigenvalue weighted by Crippen LogP contribution is 2.47. The molecule has 17 heavy (non-hydrogen) atoms. The van der Waals surface area contributed by atoms with E-state index in [1.54, 1.807) is 25.2 Å². The van der Waals surface area contributed by atoms with E-state index in [4.69, 9.17) is 28.5 Å². The third-order valence-corrected chi connectivity index (χ3v) is 3.71. The summed E-state index contributed by atoms with van der Waals surface area (Å²) >= 11 is 11.7. The van der Waals surface area contributed by atoms with Gasteiger partial charge in [-0.15, -0.1) is 0 Å². The third-order valence-electron chi connectivity index (χ3n) is 2.97. The fraction of sp³-hybridized carbons (Fsp3) is 0.333. The van der Waals surface area contributed by atoms with E-state index in [9.17, 15) is 4.79 Å². The van der Waals surface area contributed by atoms with E-state index >= 15 is 0 Å². The number of rotatable bonds is 2. The number of nitrogens with zero attached hydrogens (tertiary/aromatic N) is 2. The highest BCUT2D eigenvalue weighted by Gasteiger charge is 2.52. The van der Waals surface area contributed by atoms with Gasteiger partial charge in [0, 0.05) is 12.7 Å². The monoisotopic (exact) mass is 268 g/mol. The van der Waals surface area contributed by atoms with Crippen LogP contribution in [0.5, 0.6) is 0 Å². The normalized spacial score (nSPS) is 16.1. The predicted octanol–water partition coefficient (Wildman–Crippen LogP) is 3.26. The zero-order valence-electron chi connectivity index (χ0n) is 9.20. The lowest BCUT2D eigenvalue weighted by Gasteiger charge is -2.20. The van der Waals surface area contributed by atoms with Gasteiger partial charge in [-0.2, -0.15) is 5.26 Å². The van der Waals surface area contributed by atoms with Crippen molar-refractivity contribution >= 4 is 34.8 Å². The van der Waals surface area contributed by atoms with Gasteiger partial charge in [-0.3, -0.25) is 4.79 Å². The lowest BCUT2D eigenvalue weighted by molar-refractivity contribution is -0.121. The number of carbonyl (C=O) groups is 1. The molecule has 0 aliphatic heterocycles. The van der Waals surface area contributed by atoms with Gasteiger partial charge in [0.15, 0.2) is 0 Å². The number of nitriles is 1. The van der Waals surface area contributed by atoms with Crippen molar-refractivity contribution in [3.63, 3.8) is 0 Å². The Hall–Kier alpha value is -1.24. The Bertz CT molecular complexity index is 518. The minimum atomic E-state index is -0.819. The second-order valence-corrected chi connectivity index (χ2v) is 4.97. The molecule has 1 aromatic rings. The van der Waals surface area contributed by atoms with Gasteiger partial charge in [-0.05, 0) is 31.0 Å². The van der Waals surface area contributed by atoms with Gasteiger partial charge in [0.2, 0.25) is 5.91 Å². The fourth-order valence-corrected chi connectivity index (χ4v) is 1.92. The topological polar surface area (TPSA) is 44.1 Å². The van der Waals surface area contributed by atoms with Crippen LogP contribution in [0.1, 0.15) is 12.8 Å². The molecule has 1 aliphatic carbocycles. The Morgan fingerprint density at radius 1 is 1.41 bits per heavy atom. The number of carbonyl (C=O) groups excluding carboxylic acids is 1. The van der Waals surface area contributed by atoms with Crippen LogP contribution in [0.15, 0.2) is 18.2 Å². The van der Waals surface area contributed by atoms with Crippen LogP contribution >= 0.6 is 23.2 Å². The van der Waals surface area contributed by atoms with Crippen LogP contribution in [-0.4, -0.2) is 13.0 Å². The Labute approximate surface area is 110 Å². The molecule has 3 nitrogen and oxygen atoms in total. The molecule has 5 heteroatoms. The second-order valence-electron chi connectivity index (χ2n) is 4.16. The number of hydrogen-bond donors (Lipinski definition) is 0. The highest BCUT2D eigenvalue weighted by atomic mass is 35.5. The minimum Gasteiger partial charge on any atom is -0.314 e. The largest absolute Gasteiger partial charge is 0.314 e. The zero-order chi connectivity index (χ0) is 12.6. The molecule has 1 aliphatic rings. The predicted molar refractivity (Wildman–Crippen MR) is 67.2 cm³/mol. The van der Waals surface area contributed by atoms with Crippen molar-refractivity contribution < 1.29 is 4.79 Å². The third kappa shape index (κ3) is 2.11. The molecule has 88 valence electrons. The van der Waals surface area contributed by atoms with Gasteiger partial charge in [-0.1, -0.05) is 23.2 Å². The van der Waals surface area contributed by atoms with Crippen LogP contribution in [-0.2, 0) is 4.79 Å². The van der Waals surface area contributed by atoms with Crippen LogP contribution in [0.25, 0.3) is 0 Å². The van der Waals surface area contributed by atoms with Gasteiger partial charge in [0.1, 0.15) is 5.41 Å². The first-order valence-electron chi connectivity index (χ1n) is 5.15. The summed E-state index contributed by atoms with van der Waals surface area (Å²) in [6.45, 7) is 0. The molecule has 0 saturated heterocycles. The molecule has 1 aromatic carbocycles. The van der Waals surface area contributed by atoms with Crippen LogP contribution in [0.2, 0.25) is 10.0 Å². The molecular weight excluding hydrogens is 259 g/mol. The Balaban J connectivity index is 2.26. The van der Waals surface area contributed by atoms with Crippen LogP contribution in [0.4, 0.5) is 5.69 Å². The molecule has 1 amide bonds. The standard InChI is InChI=1S/C12H10Cl2N2O/c1-16(11(17)12(7-15)4-5-12)8-2-3-9(13)10(14)6-8/h2-3,6H,4-5H2,1H3. The van der Waals surface area contributed by atoms with Crippen LogP contribution in [0.3, 0.4) is 0 Å². The number of hydrogen-bond acceptors (Lipinski definition) is 2. The summed E-state index contributed by atoms with van der Waals surface area (Å²) in [4.78, 5) is 13.5. The zero-order valence-corrected chi connectivity index (χ0v) is 10.7. The Morgan fingerprint density at radius 3 is 2.53 bits per heavy atom. The molecule has 2 rings (SSSR count). The average molecular weight is 269 g/mol. The maximum atomic E-state index is 12.1. The van der Waals surface area contributed by atoms with Crippen molar-refractivity contribution in [2.24, 2.45) is 5.41 Å². The van der Waals surface area contributed by atoms with Gasteiger partial charge in [0.05, 0.1) is 16.1 Å². The number of amides is 1. The van der Waals surface area contributed by atoms with Gasteiger partial charge < -0.3 is 4.90 Å². The maximum absolute atomic E-state index is 12.1. The highest BCUT2D eigenvalue weighted by molar-refractivity contribution is 6.42. The van der Waals surface area contributed by atoms with E-state index in [2.05, 4.69) is 6.07 Å². The Morgan fingerprint density at radius 2 is 2.06 bits per heavy atom. The molecule has 0 radical (unpaired) electrons. The summed E-state index contributed by atoms with van der Waals surface area (Å²) in [5.74, 6) is -0.182. The Kier molecular flexibility index (Phi) is 3.03. The molecular formula is C12H10Cl2N2O. The van der Waals surface area contributed by atoms with Gasteiger partial charge in [-0.25, -0.2) is 0 Å². The summed E-state index contributed by atoms with van der Waals surface area (Å²) in [6.07, 6.45) is 1.27. The van der Waals surface area contributed by atoms with E-state index in [0.717, 1.165) is 0 Å². The SMILES string of the molecule is CN(C(=O)C1(C#N)CC1)c1ccc(Cl)c(Cl)c1. The van der Waals surface area contributed by atoms with Crippen molar-refractivity contribution in [1.82, 2.24) is 0 Å². The minimum absolute atomic E-state index is 0.182. The molecule has 0 bridgehead atoms. The summed E-state index contributed by atoms with van der Waals surface area (Å²) in [6, 6.07) is 7.04. The number of anilines is 1. The first-order valence-corrected chi connectivity index (χ1v) is 5.90. The lowest BCUT2D eigenvalue weighted by Crippen LogP contribution is -2.33. The van der Waals surface area contributed by atoms with Crippen molar-refractivity contribution in [2.45, 2.75) is 12.8 Å². The van der Waals surface area contributed by atoms with Crippen LogP contribution in [0, 0.1) is 16.7 Å². The molecule has 0 heterocycles. The van der Waals surface area contributed by atoms with E-state index in [-0.39, 0.29) is 5.91 Å². The molecule has 1 saturated carbocycles. The van der Waals surface area contributed by atoms with Gasteiger partial charge >= 0.3 is 0 Å². The molecule has 0 atom stereocenters. The molecule has 0 spiro atoms. The number of benzene rings is 1. The molecule has 1 fully saturated rings. The molecule has 0 unspecified atom stereocenters. The summed E-state index contributed by atoms with van der Waals surface area (Å²) < 4.78 is 0. The molecule has 0 aromatic heterocycles. The first kappa shape index (κ1) is 12.2. The lowest BCUT2D eigenvalue weighted by atomic mass is 10.1. The van der Waals surface area contributed by atoms with Crippen LogP contribution < -0.4 is 4.90 Å². The van der Waals surface area contributed by atoms with Crippen molar-refractivity contribution in [1.29, 1.82) is 5.26 Å². The van der Waals surface area contributed by atoms with E-state index < -0.39 is 5.41 Å². The van der Waals surface area contributed by atoms with E-state index in [1.807, 2.05) is 0 Å². The van der Waals surface area contributed by atoms with E-state index in [0.29, 0.717) is 28.6 Å². The molecule has 0 N–H and O–H groups in total. The number of halogens is 2. The smallest absolute Gasteiger partial charge is 0.247 e.